The molecule has 110 valence electrons. The first-order chi connectivity index (χ1) is 9.81. The molecule has 0 amide bonds. The second-order valence-electron chi connectivity index (χ2n) is 4.98. The Labute approximate surface area is 125 Å². The van der Waals surface area contributed by atoms with Gasteiger partial charge in [-0.25, -0.2) is 0 Å². The fraction of sp³-hybridized carbons (Fsp3) is 0.500. The van der Waals surface area contributed by atoms with Crippen molar-refractivity contribution < 1.29 is 4.42 Å². The highest BCUT2D eigenvalue weighted by Gasteiger charge is 2.09. The minimum Gasteiger partial charge on any atom is -0.468 e. The highest BCUT2D eigenvalue weighted by Crippen LogP contribution is 2.15. The van der Waals surface area contributed by atoms with E-state index in [1.54, 1.807) is 0 Å². The second kappa shape index (κ2) is 8.25. The number of rotatable bonds is 9. The molecule has 0 spiro atoms. The summed E-state index contributed by atoms with van der Waals surface area (Å²) in [5, 5.41) is 5.53. The van der Waals surface area contributed by atoms with E-state index in [9.17, 15) is 0 Å². The lowest BCUT2D eigenvalue weighted by molar-refractivity contribution is 0.250. The zero-order valence-electron chi connectivity index (χ0n) is 12.4. The van der Waals surface area contributed by atoms with Crippen LogP contribution in [-0.4, -0.2) is 18.0 Å². The first-order valence-electron chi connectivity index (χ1n) is 7.33. The molecule has 2 aromatic rings. The summed E-state index contributed by atoms with van der Waals surface area (Å²) >= 11 is 1.81. The summed E-state index contributed by atoms with van der Waals surface area (Å²) in [4.78, 5) is 3.80. The minimum absolute atomic E-state index is 0.877. The molecule has 2 rings (SSSR count). The Balaban J connectivity index is 1.84. The van der Waals surface area contributed by atoms with Crippen molar-refractivity contribution in [3.63, 3.8) is 0 Å². The zero-order chi connectivity index (χ0) is 14.2. The van der Waals surface area contributed by atoms with Gasteiger partial charge < -0.3 is 9.73 Å². The van der Waals surface area contributed by atoms with Crippen molar-refractivity contribution in [2.75, 3.05) is 13.1 Å². The van der Waals surface area contributed by atoms with Crippen molar-refractivity contribution in [3.8, 4) is 0 Å². The van der Waals surface area contributed by atoms with Crippen LogP contribution in [0.5, 0.6) is 0 Å². The van der Waals surface area contributed by atoms with Gasteiger partial charge in [0.15, 0.2) is 0 Å². The first-order valence-corrected chi connectivity index (χ1v) is 8.21. The molecule has 2 heterocycles. The standard InChI is InChI=1S/C16H24N2OS/c1-3-7-17-10-14-9-15(19-13-14)11-18(4-2)12-16-6-5-8-20-16/h5-6,8-9,13,17H,3-4,7,10-12H2,1-2H3. The lowest BCUT2D eigenvalue weighted by Gasteiger charge is -2.17. The highest BCUT2D eigenvalue weighted by atomic mass is 32.1. The minimum atomic E-state index is 0.877. The third kappa shape index (κ3) is 4.78. The Morgan fingerprint density at radius 3 is 2.90 bits per heavy atom. The maximum atomic E-state index is 5.67. The average Bonchev–Trinajstić information content (AvgIpc) is 3.10. The molecule has 2 aromatic heterocycles. The van der Waals surface area contributed by atoms with Crippen LogP contribution in [0.3, 0.4) is 0 Å². The summed E-state index contributed by atoms with van der Waals surface area (Å²) in [5.74, 6) is 1.05. The van der Waals surface area contributed by atoms with E-state index >= 15 is 0 Å². The molecule has 0 saturated heterocycles. The van der Waals surface area contributed by atoms with E-state index in [-0.39, 0.29) is 0 Å². The van der Waals surface area contributed by atoms with Crippen LogP contribution in [0.1, 0.15) is 36.5 Å². The summed E-state index contributed by atoms with van der Waals surface area (Å²) in [7, 11) is 0. The number of hydrogen-bond acceptors (Lipinski definition) is 4. The monoisotopic (exact) mass is 292 g/mol. The van der Waals surface area contributed by atoms with Gasteiger partial charge in [0.25, 0.3) is 0 Å². The molecule has 0 fully saturated rings. The fourth-order valence-electron chi connectivity index (χ4n) is 2.13. The first kappa shape index (κ1) is 15.3. The van der Waals surface area contributed by atoms with Crippen LogP contribution in [0.2, 0.25) is 0 Å². The molecular weight excluding hydrogens is 268 g/mol. The van der Waals surface area contributed by atoms with Crippen molar-refractivity contribution in [3.05, 3.63) is 46.0 Å². The molecule has 0 aromatic carbocycles. The maximum absolute atomic E-state index is 5.67. The Morgan fingerprint density at radius 2 is 2.20 bits per heavy atom. The van der Waals surface area contributed by atoms with Crippen molar-refractivity contribution in [1.29, 1.82) is 0 Å². The van der Waals surface area contributed by atoms with Crippen molar-refractivity contribution in [1.82, 2.24) is 10.2 Å². The van der Waals surface area contributed by atoms with Crippen LogP contribution in [0.25, 0.3) is 0 Å². The summed E-state index contributed by atoms with van der Waals surface area (Å²) < 4.78 is 5.67. The van der Waals surface area contributed by atoms with Gasteiger partial charge in [0.1, 0.15) is 5.76 Å². The van der Waals surface area contributed by atoms with Crippen molar-refractivity contribution in [2.45, 2.75) is 39.9 Å². The van der Waals surface area contributed by atoms with Crippen LogP contribution < -0.4 is 5.32 Å². The van der Waals surface area contributed by atoms with Crippen LogP contribution >= 0.6 is 11.3 Å². The number of nitrogens with one attached hydrogen (secondary N) is 1. The number of thiophene rings is 1. The molecule has 3 nitrogen and oxygen atoms in total. The molecule has 0 bridgehead atoms. The van der Waals surface area contributed by atoms with Gasteiger partial charge in [-0.05, 0) is 37.0 Å². The van der Waals surface area contributed by atoms with Crippen LogP contribution in [-0.2, 0) is 19.6 Å². The SMILES string of the molecule is CCCNCc1coc(CN(CC)Cc2cccs2)c1. The summed E-state index contributed by atoms with van der Waals surface area (Å²) in [6, 6.07) is 6.47. The predicted octanol–water partition coefficient (Wildman–Crippen LogP) is 3.86. The van der Waals surface area contributed by atoms with Gasteiger partial charge in [0.2, 0.25) is 0 Å². The molecule has 4 heteroatoms. The summed E-state index contributed by atoms with van der Waals surface area (Å²) in [6.45, 7) is 9.23. The molecule has 0 aliphatic heterocycles. The quantitative estimate of drug-likeness (QED) is 0.711. The number of hydrogen-bond donors (Lipinski definition) is 1. The van der Waals surface area contributed by atoms with Gasteiger partial charge >= 0.3 is 0 Å². The third-order valence-corrected chi connectivity index (χ3v) is 4.11. The molecule has 1 N–H and O–H groups in total. The van der Waals surface area contributed by atoms with Crippen molar-refractivity contribution in [2.24, 2.45) is 0 Å². The highest BCUT2D eigenvalue weighted by molar-refractivity contribution is 7.09. The number of nitrogens with zero attached hydrogens (tertiary/aromatic N) is 1. The molecule has 0 radical (unpaired) electrons. The van der Waals surface area contributed by atoms with E-state index in [4.69, 9.17) is 4.42 Å². The van der Waals surface area contributed by atoms with Gasteiger partial charge in [-0.1, -0.05) is 19.9 Å². The Morgan fingerprint density at radius 1 is 1.30 bits per heavy atom. The lowest BCUT2D eigenvalue weighted by atomic mass is 10.3. The van der Waals surface area contributed by atoms with Crippen LogP contribution in [0, 0.1) is 0 Å². The molecule has 0 aliphatic carbocycles. The second-order valence-corrected chi connectivity index (χ2v) is 6.01. The van der Waals surface area contributed by atoms with E-state index in [1.807, 2.05) is 17.6 Å². The van der Waals surface area contributed by atoms with E-state index in [2.05, 4.69) is 47.6 Å². The van der Waals surface area contributed by atoms with E-state index in [0.29, 0.717) is 0 Å². The van der Waals surface area contributed by atoms with Crippen molar-refractivity contribution >= 4 is 11.3 Å². The molecule has 0 unspecified atom stereocenters. The van der Waals surface area contributed by atoms with Gasteiger partial charge in [-0.3, -0.25) is 4.90 Å². The Hall–Kier alpha value is -1.10. The molecule has 0 atom stereocenters. The number of furan rings is 1. The Bertz CT molecular complexity index is 478. The van der Waals surface area contributed by atoms with E-state index < -0.39 is 0 Å². The topological polar surface area (TPSA) is 28.4 Å². The third-order valence-electron chi connectivity index (χ3n) is 3.25. The van der Waals surface area contributed by atoms with Gasteiger partial charge in [-0.15, -0.1) is 11.3 Å². The fourth-order valence-corrected chi connectivity index (χ4v) is 2.88. The van der Waals surface area contributed by atoms with Gasteiger partial charge in [-0.2, -0.15) is 0 Å². The smallest absolute Gasteiger partial charge is 0.118 e. The van der Waals surface area contributed by atoms with Crippen LogP contribution in [0.15, 0.2) is 34.3 Å². The molecule has 20 heavy (non-hydrogen) atoms. The summed E-state index contributed by atoms with van der Waals surface area (Å²) in [6.07, 6.45) is 3.03. The normalized spacial score (nSPS) is 11.3. The average molecular weight is 292 g/mol. The lowest BCUT2D eigenvalue weighted by Crippen LogP contribution is -2.21. The largest absolute Gasteiger partial charge is 0.468 e. The predicted molar refractivity (Wildman–Crippen MR) is 84.8 cm³/mol. The molecule has 0 saturated carbocycles. The van der Waals surface area contributed by atoms with E-state index in [0.717, 1.165) is 44.9 Å². The molecule has 0 aliphatic rings. The van der Waals surface area contributed by atoms with Crippen LogP contribution in [0.4, 0.5) is 0 Å². The van der Waals surface area contributed by atoms with Gasteiger partial charge in [0.05, 0.1) is 12.8 Å². The molecular formula is C16H24N2OS. The summed E-state index contributed by atoms with van der Waals surface area (Å²) in [5.41, 5.74) is 1.24. The van der Waals surface area contributed by atoms with E-state index in [1.165, 1.54) is 10.4 Å². The van der Waals surface area contributed by atoms with Gasteiger partial charge in [0, 0.05) is 23.5 Å². The Kier molecular flexibility index (Phi) is 6.30. The maximum Gasteiger partial charge on any atom is 0.118 e. The zero-order valence-corrected chi connectivity index (χ0v) is 13.2.